The molecule has 0 unspecified atom stereocenters. The number of amides is 1. The van der Waals surface area contributed by atoms with Crippen molar-refractivity contribution in [2.75, 3.05) is 17.2 Å². The lowest BCUT2D eigenvalue weighted by Crippen LogP contribution is -2.31. The highest BCUT2D eigenvalue weighted by molar-refractivity contribution is 6.35. The summed E-state index contributed by atoms with van der Waals surface area (Å²) in [6.45, 7) is 2.18. The van der Waals surface area contributed by atoms with Crippen molar-refractivity contribution in [1.29, 1.82) is 0 Å². The Labute approximate surface area is 121 Å². The monoisotopic (exact) mass is 292 g/mol. The molecule has 104 valence electrons. The van der Waals surface area contributed by atoms with Crippen molar-refractivity contribution < 1.29 is 9.18 Å². The first-order valence-corrected chi connectivity index (χ1v) is 6.53. The third kappa shape index (κ3) is 2.75. The van der Waals surface area contributed by atoms with Gasteiger partial charge in [0.1, 0.15) is 5.82 Å². The van der Waals surface area contributed by atoms with Crippen molar-refractivity contribution in [3.05, 3.63) is 58.9 Å². The second kappa shape index (κ2) is 5.92. The number of halogens is 2. The molecule has 3 nitrogen and oxygen atoms in total. The molecule has 0 spiro atoms. The largest absolute Gasteiger partial charge is 0.398 e. The number of hydrogen-bond donors (Lipinski definition) is 1. The van der Waals surface area contributed by atoms with E-state index in [1.54, 1.807) is 37.3 Å². The van der Waals surface area contributed by atoms with Crippen LogP contribution < -0.4 is 10.6 Å². The van der Waals surface area contributed by atoms with Crippen LogP contribution in [-0.2, 0) is 0 Å². The second-order valence-electron chi connectivity index (χ2n) is 4.23. The standard InChI is InChI=1S/C15H14ClFN2O/c1-2-19(11-6-3-5-10(17)9-11)15(20)14-12(16)7-4-8-13(14)18/h3-9H,2,18H2,1H3. The molecule has 2 rings (SSSR count). The first-order chi connectivity index (χ1) is 9.54. The molecule has 0 aromatic heterocycles. The lowest BCUT2D eigenvalue weighted by Gasteiger charge is -2.22. The van der Waals surface area contributed by atoms with Crippen LogP contribution in [0.25, 0.3) is 0 Å². The van der Waals surface area contributed by atoms with E-state index in [4.69, 9.17) is 17.3 Å². The summed E-state index contributed by atoms with van der Waals surface area (Å²) in [7, 11) is 0. The van der Waals surface area contributed by atoms with Gasteiger partial charge in [0.05, 0.1) is 10.6 Å². The van der Waals surface area contributed by atoms with Crippen molar-refractivity contribution in [1.82, 2.24) is 0 Å². The first kappa shape index (κ1) is 14.3. The molecule has 2 aromatic carbocycles. The molecule has 20 heavy (non-hydrogen) atoms. The molecule has 0 aliphatic heterocycles. The van der Waals surface area contributed by atoms with Crippen LogP contribution in [-0.4, -0.2) is 12.5 Å². The Morgan fingerprint density at radius 2 is 2.00 bits per heavy atom. The average molecular weight is 293 g/mol. The maximum atomic E-state index is 13.3. The van der Waals surface area contributed by atoms with E-state index in [9.17, 15) is 9.18 Å². The average Bonchev–Trinajstić information content (AvgIpc) is 2.39. The third-order valence-electron chi connectivity index (χ3n) is 2.94. The predicted molar refractivity (Wildman–Crippen MR) is 79.6 cm³/mol. The van der Waals surface area contributed by atoms with Crippen LogP contribution in [0, 0.1) is 5.82 Å². The number of carbonyl (C=O) groups is 1. The fourth-order valence-electron chi connectivity index (χ4n) is 1.99. The van der Waals surface area contributed by atoms with Gasteiger partial charge >= 0.3 is 0 Å². The lowest BCUT2D eigenvalue weighted by atomic mass is 10.1. The SMILES string of the molecule is CCN(C(=O)c1c(N)cccc1Cl)c1cccc(F)c1. The maximum Gasteiger partial charge on any atom is 0.261 e. The van der Waals surface area contributed by atoms with E-state index in [1.807, 2.05) is 0 Å². The Kier molecular flexibility index (Phi) is 4.25. The van der Waals surface area contributed by atoms with Crippen LogP contribution in [0.2, 0.25) is 5.02 Å². The summed E-state index contributed by atoms with van der Waals surface area (Å²) in [5, 5.41) is 0.282. The highest BCUT2D eigenvalue weighted by Gasteiger charge is 2.21. The molecular formula is C15H14ClFN2O. The summed E-state index contributed by atoms with van der Waals surface area (Å²) < 4.78 is 13.3. The fourth-order valence-corrected chi connectivity index (χ4v) is 2.25. The molecule has 0 aliphatic carbocycles. The van der Waals surface area contributed by atoms with Gasteiger partial charge in [0.2, 0.25) is 0 Å². The molecule has 5 heteroatoms. The molecule has 0 saturated heterocycles. The van der Waals surface area contributed by atoms with Crippen LogP contribution in [0.15, 0.2) is 42.5 Å². The quantitative estimate of drug-likeness (QED) is 0.876. The molecule has 1 amide bonds. The minimum atomic E-state index is -0.402. The summed E-state index contributed by atoms with van der Waals surface area (Å²) in [4.78, 5) is 14.0. The molecule has 2 N–H and O–H groups in total. The normalized spacial score (nSPS) is 10.3. The number of benzene rings is 2. The van der Waals surface area contributed by atoms with Crippen LogP contribution in [0.1, 0.15) is 17.3 Å². The van der Waals surface area contributed by atoms with Gasteiger partial charge in [-0.3, -0.25) is 4.79 Å². The van der Waals surface area contributed by atoms with Gasteiger partial charge in [0.15, 0.2) is 0 Å². The number of anilines is 2. The minimum absolute atomic E-state index is 0.236. The van der Waals surface area contributed by atoms with Crippen molar-refractivity contribution >= 4 is 28.9 Å². The van der Waals surface area contributed by atoms with Gasteiger partial charge in [-0.1, -0.05) is 23.7 Å². The molecule has 2 aromatic rings. The Morgan fingerprint density at radius 3 is 2.60 bits per heavy atom. The van der Waals surface area contributed by atoms with Crippen LogP contribution in [0.4, 0.5) is 15.8 Å². The van der Waals surface area contributed by atoms with E-state index in [1.165, 1.54) is 17.0 Å². The van der Waals surface area contributed by atoms with E-state index >= 15 is 0 Å². The van der Waals surface area contributed by atoms with Crippen molar-refractivity contribution in [3.63, 3.8) is 0 Å². The first-order valence-electron chi connectivity index (χ1n) is 6.16. The van der Waals surface area contributed by atoms with Crippen LogP contribution in [0.5, 0.6) is 0 Å². The van der Waals surface area contributed by atoms with Gasteiger partial charge in [-0.25, -0.2) is 4.39 Å². The predicted octanol–water partition coefficient (Wildman–Crippen LogP) is 3.73. The van der Waals surface area contributed by atoms with E-state index in [-0.39, 0.29) is 16.5 Å². The molecule has 0 atom stereocenters. The zero-order valence-electron chi connectivity index (χ0n) is 10.9. The number of hydrogen-bond acceptors (Lipinski definition) is 2. The van der Waals surface area contributed by atoms with Gasteiger partial charge in [-0.15, -0.1) is 0 Å². The summed E-state index contributed by atoms with van der Waals surface area (Å²) in [6, 6.07) is 10.7. The van der Waals surface area contributed by atoms with Gasteiger partial charge in [0.25, 0.3) is 5.91 Å². The lowest BCUT2D eigenvalue weighted by molar-refractivity contribution is 0.0989. The van der Waals surface area contributed by atoms with Crippen LogP contribution >= 0.6 is 11.6 Å². The molecular weight excluding hydrogens is 279 g/mol. The number of nitrogens with two attached hydrogens (primary N) is 1. The number of carbonyl (C=O) groups excluding carboxylic acids is 1. The van der Waals surface area contributed by atoms with Crippen molar-refractivity contribution in [2.24, 2.45) is 0 Å². The van der Waals surface area contributed by atoms with Crippen molar-refractivity contribution in [3.8, 4) is 0 Å². The summed E-state index contributed by atoms with van der Waals surface area (Å²) >= 11 is 6.04. The maximum absolute atomic E-state index is 13.3. The Balaban J connectivity index is 2.45. The Morgan fingerprint density at radius 1 is 1.30 bits per heavy atom. The second-order valence-corrected chi connectivity index (χ2v) is 4.64. The topological polar surface area (TPSA) is 46.3 Å². The Bertz CT molecular complexity index is 625. The van der Waals surface area contributed by atoms with Crippen LogP contribution in [0.3, 0.4) is 0 Å². The van der Waals surface area contributed by atoms with Gasteiger partial charge in [-0.2, -0.15) is 0 Å². The van der Waals surface area contributed by atoms with Crippen molar-refractivity contribution in [2.45, 2.75) is 6.92 Å². The molecule has 0 bridgehead atoms. The highest BCUT2D eigenvalue weighted by Crippen LogP contribution is 2.26. The third-order valence-corrected chi connectivity index (χ3v) is 3.26. The molecule has 0 saturated carbocycles. The fraction of sp³-hybridized carbons (Fsp3) is 0.133. The molecule has 0 heterocycles. The zero-order chi connectivity index (χ0) is 14.7. The Hall–Kier alpha value is -2.07. The molecule has 0 aliphatic rings. The smallest absolute Gasteiger partial charge is 0.261 e. The molecule has 0 radical (unpaired) electrons. The summed E-state index contributed by atoms with van der Waals surface area (Å²) in [5.41, 5.74) is 6.83. The van der Waals surface area contributed by atoms with E-state index in [2.05, 4.69) is 0 Å². The van der Waals surface area contributed by atoms with Gasteiger partial charge < -0.3 is 10.6 Å². The minimum Gasteiger partial charge on any atom is -0.398 e. The zero-order valence-corrected chi connectivity index (χ0v) is 11.7. The van der Waals surface area contributed by atoms with E-state index in [0.29, 0.717) is 17.9 Å². The number of nitrogens with zero attached hydrogens (tertiary/aromatic N) is 1. The van der Waals surface area contributed by atoms with E-state index < -0.39 is 5.82 Å². The summed E-state index contributed by atoms with van der Waals surface area (Å²) in [5.74, 6) is -0.748. The number of rotatable bonds is 3. The highest BCUT2D eigenvalue weighted by atomic mass is 35.5. The number of nitrogen functional groups attached to an aromatic ring is 1. The van der Waals surface area contributed by atoms with E-state index in [0.717, 1.165) is 0 Å². The van der Waals surface area contributed by atoms with Gasteiger partial charge in [0, 0.05) is 17.9 Å². The summed E-state index contributed by atoms with van der Waals surface area (Å²) in [6.07, 6.45) is 0. The molecule has 0 fully saturated rings. The van der Waals surface area contributed by atoms with Gasteiger partial charge in [-0.05, 0) is 37.3 Å².